The monoisotopic (exact) mass is 303 g/mol. The van der Waals surface area contributed by atoms with Gasteiger partial charge in [-0.1, -0.05) is 39.7 Å². The lowest BCUT2D eigenvalue weighted by molar-refractivity contribution is -0.00212. The highest BCUT2D eigenvalue weighted by Gasteiger charge is 2.21. The van der Waals surface area contributed by atoms with Gasteiger partial charge in [0.25, 0.3) is 0 Å². The molecule has 1 aromatic carbocycles. The third-order valence-corrected chi connectivity index (χ3v) is 3.78. The van der Waals surface area contributed by atoms with Crippen molar-refractivity contribution in [2.75, 3.05) is 25.1 Å². The first-order valence-electron chi connectivity index (χ1n) is 5.42. The fourth-order valence-electron chi connectivity index (χ4n) is 1.91. The summed E-state index contributed by atoms with van der Waals surface area (Å²) in [7, 11) is 0. The summed E-state index contributed by atoms with van der Waals surface area (Å²) < 4.78 is 5.47. The average Bonchev–Trinajstić information content (AvgIpc) is 2.30. The van der Waals surface area contributed by atoms with E-state index in [2.05, 4.69) is 26.9 Å². The molecule has 1 aliphatic rings. The first-order valence-corrected chi connectivity index (χ1v) is 6.92. The van der Waals surface area contributed by atoms with Gasteiger partial charge < -0.3 is 4.74 Å². The van der Waals surface area contributed by atoms with Crippen LogP contribution in [0.15, 0.2) is 24.3 Å². The molecule has 0 radical (unpaired) electrons. The van der Waals surface area contributed by atoms with E-state index in [0.717, 1.165) is 36.7 Å². The van der Waals surface area contributed by atoms with Crippen LogP contribution in [0.25, 0.3) is 0 Å². The maximum absolute atomic E-state index is 5.98. The minimum Gasteiger partial charge on any atom is -0.378 e. The summed E-state index contributed by atoms with van der Waals surface area (Å²) in [6, 6.07) is 8.52. The molecule has 16 heavy (non-hydrogen) atoms. The molecule has 0 bridgehead atoms. The molecule has 1 atom stereocenters. The number of rotatable bonds is 3. The molecule has 1 saturated heterocycles. The first-order chi connectivity index (χ1) is 7.79. The predicted octanol–water partition coefficient (Wildman–Crippen LogP) is 2.94. The summed E-state index contributed by atoms with van der Waals surface area (Å²) in [5.41, 5.74) is 1.26. The van der Waals surface area contributed by atoms with E-state index in [0.29, 0.717) is 6.04 Å². The summed E-state index contributed by atoms with van der Waals surface area (Å²) in [5.74, 6) is 0. The number of hydrogen-bond acceptors (Lipinski definition) is 2. The van der Waals surface area contributed by atoms with Crippen LogP contribution in [0.1, 0.15) is 5.56 Å². The lowest BCUT2D eigenvalue weighted by atomic mass is 10.1. The molecule has 1 fully saturated rings. The highest BCUT2D eigenvalue weighted by atomic mass is 79.9. The van der Waals surface area contributed by atoms with Crippen molar-refractivity contribution in [1.29, 1.82) is 0 Å². The molecule has 2 nitrogen and oxygen atoms in total. The van der Waals surface area contributed by atoms with Crippen molar-refractivity contribution in [1.82, 2.24) is 4.90 Å². The van der Waals surface area contributed by atoms with E-state index >= 15 is 0 Å². The van der Waals surface area contributed by atoms with Gasteiger partial charge in [-0.3, -0.25) is 4.90 Å². The third kappa shape index (κ3) is 3.20. The summed E-state index contributed by atoms with van der Waals surface area (Å²) in [6.07, 6.45) is 0. The van der Waals surface area contributed by atoms with Crippen molar-refractivity contribution >= 4 is 27.5 Å². The van der Waals surface area contributed by atoms with Crippen molar-refractivity contribution in [2.24, 2.45) is 0 Å². The molecule has 1 heterocycles. The van der Waals surface area contributed by atoms with Crippen LogP contribution in [0.2, 0.25) is 5.02 Å². The number of morpholine rings is 1. The number of benzene rings is 1. The van der Waals surface area contributed by atoms with Crippen LogP contribution in [0.3, 0.4) is 0 Å². The van der Waals surface area contributed by atoms with Crippen LogP contribution in [-0.2, 0) is 11.3 Å². The van der Waals surface area contributed by atoms with Gasteiger partial charge in [0.2, 0.25) is 0 Å². The number of halogens is 2. The second kappa shape index (κ2) is 6.01. The lowest BCUT2D eigenvalue weighted by Crippen LogP contribution is -2.45. The molecular formula is C12H15BrClNO. The van der Waals surface area contributed by atoms with Crippen LogP contribution < -0.4 is 0 Å². The van der Waals surface area contributed by atoms with E-state index in [4.69, 9.17) is 16.3 Å². The smallest absolute Gasteiger partial charge is 0.0630 e. The van der Waals surface area contributed by atoms with Gasteiger partial charge in [-0.15, -0.1) is 0 Å². The van der Waals surface area contributed by atoms with E-state index in [-0.39, 0.29) is 0 Å². The average molecular weight is 305 g/mol. The number of alkyl halides is 1. The molecule has 1 unspecified atom stereocenters. The van der Waals surface area contributed by atoms with E-state index < -0.39 is 0 Å². The Bertz CT molecular complexity index is 348. The Kier molecular flexibility index (Phi) is 4.65. The molecule has 2 rings (SSSR count). The van der Waals surface area contributed by atoms with Gasteiger partial charge >= 0.3 is 0 Å². The van der Waals surface area contributed by atoms with Gasteiger partial charge in [0.05, 0.1) is 13.2 Å². The molecule has 4 heteroatoms. The van der Waals surface area contributed by atoms with Gasteiger partial charge in [-0.25, -0.2) is 0 Å². The maximum atomic E-state index is 5.98. The Balaban J connectivity index is 2.02. The molecule has 0 amide bonds. The number of nitrogens with zero attached hydrogens (tertiary/aromatic N) is 1. The summed E-state index contributed by atoms with van der Waals surface area (Å²) in [6.45, 7) is 3.57. The number of hydrogen-bond donors (Lipinski definition) is 0. The van der Waals surface area contributed by atoms with Gasteiger partial charge in [-0.2, -0.15) is 0 Å². The van der Waals surface area contributed by atoms with E-state index in [9.17, 15) is 0 Å². The molecule has 0 saturated carbocycles. The zero-order valence-corrected chi connectivity index (χ0v) is 11.4. The van der Waals surface area contributed by atoms with Gasteiger partial charge in [0.15, 0.2) is 0 Å². The standard InChI is InChI=1S/C12H15BrClNO/c13-7-12-9-16-5-4-15(12)8-10-2-1-3-11(14)6-10/h1-3,6,12H,4-5,7-9H2. The van der Waals surface area contributed by atoms with Crippen LogP contribution >= 0.6 is 27.5 Å². The second-order valence-corrected chi connectivity index (χ2v) is 5.07. The van der Waals surface area contributed by atoms with Crippen LogP contribution in [-0.4, -0.2) is 36.0 Å². The Morgan fingerprint density at radius 3 is 3.12 bits per heavy atom. The maximum Gasteiger partial charge on any atom is 0.0630 e. The molecule has 0 aromatic heterocycles. The quantitative estimate of drug-likeness (QED) is 0.796. The molecule has 0 aliphatic carbocycles. The molecule has 88 valence electrons. The fourth-order valence-corrected chi connectivity index (χ4v) is 2.72. The van der Waals surface area contributed by atoms with Crippen molar-refractivity contribution in [3.05, 3.63) is 34.9 Å². The van der Waals surface area contributed by atoms with Gasteiger partial charge in [0, 0.05) is 29.5 Å². The predicted molar refractivity (Wildman–Crippen MR) is 70.3 cm³/mol. The summed E-state index contributed by atoms with van der Waals surface area (Å²) >= 11 is 9.51. The normalized spacial score (nSPS) is 22.2. The zero-order valence-electron chi connectivity index (χ0n) is 9.03. The Morgan fingerprint density at radius 2 is 2.38 bits per heavy atom. The van der Waals surface area contributed by atoms with E-state index in [1.165, 1.54) is 5.56 Å². The first kappa shape index (κ1) is 12.4. The van der Waals surface area contributed by atoms with Gasteiger partial charge in [-0.05, 0) is 17.7 Å². The van der Waals surface area contributed by atoms with Crippen molar-refractivity contribution in [2.45, 2.75) is 12.6 Å². The van der Waals surface area contributed by atoms with Crippen molar-refractivity contribution in [3.63, 3.8) is 0 Å². The van der Waals surface area contributed by atoms with E-state index in [1.54, 1.807) is 0 Å². The highest BCUT2D eigenvalue weighted by molar-refractivity contribution is 9.09. The lowest BCUT2D eigenvalue weighted by Gasteiger charge is -2.34. The summed E-state index contributed by atoms with van der Waals surface area (Å²) in [5, 5.41) is 1.76. The Hall–Kier alpha value is -0.0900. The number of ether oxygens (including phenoxy) is 1. The molecule has 1 aliphatic heterocycles. The van der Waals surface area contributed by atoms with Crippen LogP contribution in [0.5, 0.6) is 0 Å². The van der Waals surface area contributed by atoms with Crippen molar-refractivity contribution < 1.29 is 4.74 Å². The molecule has 1 aromatic rings. The summed E-state index contributed by atoms with van der Waals surface area (Å²) in [4.78, 5) is 2.43. The topological polar surface area (TPSA) is 12.5 Å². The molecule has 0 spiro atoms. The van der Waals surface area contributed by atoms with Crippen molar-refractivity contribution in [3.8, 4) is 0 Å². The Morgan fingerprint density at radius 1 is 1.50 bits per heavy atom. The minimum atomic E-state index is 0.465. The van der Waals surface area contributed by atoms with Crippen LogP contribution in [0, 0.1) is 0 Å². The second-order valence-electron chi connectivity index (χ2n) is 3.98. The molecular weight excluding hydrogens is 289 g/mol. The van der Waals surface area contributed by atoms with Gasteiger partial charge in [0.1, 0.15) is 0 Å². The minimum absolute atomic E-state index is 0.465. The SMILES string of the molecule is Clc1cccc(CN2CCOCC2CBr)c1. The molecule has 0 N–H and O–H groups in total. The fraction of sp³-hybridized carbons (Fsp3) is 0.500. The third-order valence-electron chi connectivity index (χ3n) is 2.80. The highest BCUT2D eigenvalue weighted by Crippen LogP contribution is 2.16. The van der Waals surface area contributed by atoms with Crippen LogP contribution in [0.4, 0.5) is 0 Å². The Labute approximate surface area is 110 Å². The largest absolute Gasteiger partial charge is 0.378 e. The zero-order chi connectivity index (χ0) is 11.4. The van der Waals surface area contributed by atoms with E-state index in [1.807, 2.05) is 18.2 Å².